The first-order valence-electron chi connectivity index (χ1n) is 5.91. The van der Waals surface area contributed by atoms with Gasteiger partial charge in [0.15, 0.2) is 0 Å². The molecule has 1 atom stereocenters. The summed E-state index contributed by atoms with van der Waals surface area (Å²) in [6, 6.07) is 0. The van der Waals surface area contributed by atoms with Gasteiger partial charge in [-0.2, -0.15) is 0 Å². The molecule has 0 aromatic heterocycles. The van der Waals surface area contributed by atoms with E-state index in [0.29, 0.717) is 0 Å². The topological polar surface area (TPSA) is 0 Å². The van der Waals surface area contributed by atoms with Crippen LogP contribution in [0.1, 0.15) is 72.1 Å². The summed E-state index contributed by atoms with van der Waals surface area (Å²) in [6.45, 7) is 6.60. The molecule has 2 radical (unpaired) electrons. The molecule has 0 bridgehead atoms. The SMILES string of the molecule is [B]C(C)(CC)CCCCCCCC. The summed E-state index contributed by atoms with van der Waals surface area (Å²) in [5.74, 6) is 0. The Labute approximate surface area is 85.9 Å². The molecule has 0 spiro atoms. The van der Waals surface area contributed by atoms with E-state index in [1.165, 1.54) is 44.9 Å². The van der Waals surface area contributed by atoms with Gasteiger partial charge in [-0.3, -0.25) is 0 Å². The van der Waals surface area contributed by atoms with Crippen molar-refractivity contribution < 1.29 is 0 Å². The van der Waals surface area contributed by atoms with Gasteiger partial charge in [0.05, 0.1) is 7.85 Å². The van der Waals surface area contributed by atoms with Gasteiger partial charge in [-0.25, -0.2) is 0 Å². The zero-order valence-electron chi connectivity index (χ0n) is 9.73. The molecule has 1 unspecified atom stereocenters. The van der Waals surface area contributed by atoms with Crippen LogP contribution in [0.4, 0.5) is 0 Å². The molecule has 0 N–H and O–H groups in total. The number of rotatable bonds is 8. The smallest absolute Gasteiger partial charge is 0.0691 e. The van der Waals surface area contributed by atoms with Crippen LogP contribution in [0, 0.1) is 0 Å². The lowest BCUT2D eigenvalue weighted by molar-refractivity contribution is 0.491. The van der Waals surface area contributed by atoms with E-state index in [-0.39, 0.29) is 5.31 Å². The monoisotopic (exact) mass is 180 g/mol. The maximum Gasteiger partial charge on any atom is 0.0742 e. The molecule has 0 amide bonds. The van der Waals surface area contributed by atoms with Crippen LogP contribution in [0.3, 0.4) is 0 Å². The molecule has 0 fully saturated rings. The molecule has 0 heterocycles. The highest BCUT2D eigenvalue weighted by atomic mass is 14.1. The fourth-order valence-electron chi connectivity index (χ4n) is 1.49. The largest absolute Gasteiger partial charge is 0.0742 e. The van der Waals surface area contributed by atoms with E-state index in [2.05, 4.69) is 20.8 Å². The standard InChI is InChI=1S/C12H25B/c1-4-6-7-8-9-10-11-12(3,13)5-2/h4-11H2,1-3H3. The van der Waals surface area contributed by atoms with Crippen LogP contribution in [0.25, 0.3) is 0 Å². The predicted molar refractivity (Wildman–Crippen MR) is 62.4 cm³/mol. The molecule has 0 rings (SSSR count). The van der Waals surface area contributed by atoms with Crippen molar-refractivity contribution in [3.8, 4) is 0 Å². The first kappa shape index (κ1) is 13.1. The lowest BCUT2D eigenvalue weighted by Crippen LogP contribution is -2.05. The Morgan fingerprint density at radius 1 is 0.923 bits per heavy atom. The Balaban J connectivity index is 3.16. The summed E-state index contributed by atoms with van der Waals surface area (Å²) in [4.78, 5) is 0. The van der Waals surface area contributed by atoms with Gasteiger partial charge in [0.1, 0.15) is 0 Å². The summed E-state index contributed by atoms with van der Waals surface area (Å²) in [6.07, 6.45) is 10.5. The Morgan fingerprint density at radius 3 is 2.00 bits per heavy atom. The molecule has 0 aromatic rings. The molecule has 0 aliphatic heterocycles. The summed E-state index contributed by atoms with van der Waals surface area (Å²) >= 11 is 0. The van der Waals surface area contributed by atoms with Gasteiger partial charge in [-0.15, -0.1) is 0 Å². The molecule has 1 heteroatoms. The van der Waals surface area contributed by atoms with Gasteiger partial charge in [-0.1, -0.05) is 77.5 Å². The average Bonchev–Trinajstić information content (AvgIpc) is 2.11. The second-order valence-corrected chi connectivity index (χ2v) is 4.53. The molecule has 0 saturated carbocycles. The van der Waals surface area contributed by atoms with Crippen molar-refractivity contribution >= 4 is 7.85 Å². The lowest BCUT2D eigenvalue weighted by Gasteiger charge is -2.22. The van der Waals surface area contributed by atoms with Crippen molar-refractivity contribution in [3.63, 3.8) is 0 Å². The third-order valence-electron chi connectivity index (χ3n) is 2.91. The van der Waals surface area contributed by atoms with Gasteiger partial charge in [0.25, 0.3) is 0 Å². The fourth-order valence-corrected chi connectivity index (χ4v) is 1.49. The zero-order chi connectivity index (χ0) is 10.2. The second-order valence-electron chi connectivity index (χ2n) is 4.53. The highest BCUT2D eigenvalue weighted by Gasteiger charge is 2.12. The summed E-state index contributed by atoms with van der Waals surface area (Å²) in [5.41, 5.74) is 0. The van der Waals surface area contributed by atoms with Crippen LogP contribution in [0.5, 0.6) is 0 Å². The van der Waals surface area contributed by atoms with Crippen LogP contribution in [-0.2, 0) is 0 Å². The van der Waals surface area contributed by atoms with E-state index in [1.807, 2.05) is 0 Å². The zero-order valence-corrected chi connectivity index (χ0v) is 9.73. The first-order valence-corrected chi connectivity index (χ1v) is 5.91. The van der Waals surface area contributed by atoms with Gasteiger partial charge in [0, 0.05) is 0 Å². The fraction of sp³-hybridized carbons (Fsp3) is 1.00. The van der Waals surface area contributed by atoms with Crippen LogP contribution in [-0.4, -0.2) is 7.85 Å². The molecule has 0 saturated heterocycles. The van der Waals surface area contributed by atoms with Gasteiger partial charge in [0.2, 0.25) is 0 Å². The Kier molecular flexibility index (Phi) is 7.50. The van der Waals surface area contributed by atoms with Gasteiger partial charge >= 0.3 is 0 Å². The maximum atomic E-state index is 6.06. The van der Waals surface area contributed by atoms with E-state index in [4.69, 9.17) is 7.85 Å². The first-order chi connectivity index (χ1) is 6.12. The molecule has 0 aromatic carbocycles. The molecule has 0 nitrogen and oxygen atoms in total. The van der Waals surface area contributed by atoms with Gasteiger partial charge < -0.3 is 0 Å². The Morgan fingerprint density at radius 2 is 1.46 bits per heavy atom. The van der Waals surface area contributed by atoms with E-state index in [1.54, 1.807) is 0 Å². The molecule has 13 heavy (non-hydrogen) atoms. The molecular weight excluding hydrogens is 155 g/mol. The summed E-state index contributed by atoms with van der Waals surface area (Å²) in [7, 11) is 6.06. The van der Waals surface area contributed by atoms with Crippen molar-refractivity contribution in [1.82, 2.24) is 0 Å². The van der Waals surface area contributed by atoms with E-state index >= 15 is 0 Å². The Bertz CT molecular complexity index is 108. The Hall–Kier alpha value is 0.0649. The van der Waals surface area contributed by atoms with Crippen LogP contribution in [0.2, 0.25) is 5.31 Å². The van der Waals surface area contributed by atoms with E-state index in [0.717, 1.165) is 6.42 Å². The lowest BCUT2D eigenvalue weighted by atomic mass is 9.65. The number of unbranched alkanes of at least 4 members (excludes halogenated alkanes) is 5. The van der Waals surface area contributed by atoms with E-state index in [9.17, 15) is 0 Å². The van der Waals surface area contributed by atoms with Crippen LogP contribution >= 0.6 is 0 Å². The summed E-state index contributed by atoms with van der Waals surface area (Å²) < 4.78 is 0. The minimum atomic E-state index is 0.0881. The quantitative estimate of drug-likeness (QED) is 0.381. The summed E-state index contributed by atoms with van der Waals surface area (Å²) in [5, 5.41) is 0.0881. The van der Waals surface area contributed by atoms with E-state index < -0.39 is 0 Å². The number of hydrogen-bond acceptors (Lipinski definition) is 0. The number of hydrogen-bond donors (Lipinski definition) is 0. The van der Waals surface area contributed by atoms with Crippen molar-refractivity contribution in [2.75, 3.05) is 0 Å². The second kappa shape index (κ2) is 7.47. The molecular formula is C12H25B. The normalized spacial score (nSPS) is 15.6. The van der Waals surface area contributed by atoms with Crippen molar-refractivity contribution in [2.45, 2.75) is 77.5 Å². The minimum absolute atomic E-state index is 0.0881. The van der Waals surface area contributed by atoms with Crippen molar-refractivity contribution in [2.24, 2.45) is 0 Å². The van der Waals surface area contributed by atoms with Crippen LogP contribution < -0.4 is 0 Å². The van der Waals surface area contributed by atoms with Crippen molar-refractivity contribution in [1.29, 1.82) is 0 Å². The van der Waals surface area contributed by atoms with Gasteiger partial charge in [-0.05, 0) is 0 Å². The molecule has 0 aliphatic rings. The minimum Gasteiger partial charge on any atom is -0.0691 e. The maximum absolute atomic E-state index is 6.06. The van der Waals surface area contributed by atoms with Crippen LogP contribution in [0.15, 0.2) is 0 Å². The highest BCUT2D eigenvalue weighted by molar-refractivity contribution is 6.14. The molecule has 76 valence electrons. The predicted octanol–water partition coefficient (Wildman–Crippen LogP) is 4.49. The average molecular weight is 180 g/mol. The highest BCUT2D eigenvalue weighted by Crippen LogP contribution is 2.31. The van der Waals surface area contributed by atoms with Crippen molar-refractivity contribution in [3.05, 3.63) is 0 Å². The third kappa shape index (κ3) is 8.40. The third-order valence-corrected chi connectivity index (χ3v) is 2.91. The molecule has 0 aliphatic carbocycles.